The number of aliphatic hydroxyl groups excluding tert-OH is 1. The Kier molecular flexibility index (Phi) is 3.71. The Hall–Kier alpha value is -2.20. The van der Waals surface area contributed by atoms with Gasteiger partial charge in [-0.3, -0.25) is 9.67 Å². The minimum atomic E-state index is -0.581. The number of rotatable bonds is 4. The van der Waals surface area contributed by atoms with Gasteiger partial charge < -0.3 is 5.11 Å². The van der Waals surface area contributed by atoms with Gasteiger partial charge in [0.2, 0.25) is 0 Å². The van der Waals surface area contributed by atoms with E-state index in [0.717, 1.165) is 34.3 Å². The lowest BCUT2D eigenvalue weighted by atomic mass is 10.0. The Morgan fingerprint density at radius 2 is 2.05 bits per heavy atom. The summed E-state index contributed by atoms with van der Waals surface area (Å²) in [6, 6.07) is 10.1. The van der Waals surface area contributed by atoms with Gasteiger partial charge in [-0.1, -0.05) is 18.2 Å². The van der Waals surface area contributed by atoms with E-state index < -0.39 is 6.10 Å². The highest BCUT2D eigenvalue weighted by molar-refractivity contribution is 5.82. The highest BCUT2D eigenvalue weighted by atomic mass is 16.3. The fourth-order valence-corrected chi connectivity index (χ4v) is 2.71. The van der Waals surface area contributed by atoms with Gasteiger partial charge in [0.05, 0.1) is 17.3 Å². The number of fused-ring (bicyclic) bond motifs is 1. The molecular formula is C17H19N3O. The van der Waals surface area contributed by atoms with Crippen molar-refractivity contribution in [3.63, 3.8) is 0 Å². The maximum Gasteiger partial charge on any atom is 0.0863 e. The summed E-state index contributed by atoms with van der Waals surface area (Å²) >= 11 is 0. The van der Waals surface area contributed by atoms with Crippen molar-refractivity contribution < 1.29 is 5.11 Å². The molecule has 0 bridgehead atoms. The average molecular weight is 281 g/mol. The topological polar surface area (TPSA) is 50.9 Å². The number of benzene rings is 1. The van der Waals surface area contributed by atoms with E-state index in [1.807, 2.05) is 29.8 Å². The Balaban J connectivity index is 1.97. The van der Waals surface area contributed by atoms with Crippen molar-refractivity contribution in [3.8, 4) is 0 Å². The molecule has 0 radical (unpaired) electrons. The van der Waals surface area contributed by atoms with Gasteiger partial charge in [-0.25, -0.2) is 0 Å². The van der Waals surface area contributed by atoms with E-state index in [0.29, 0.717) is 6.42 Å². The van der Waals surface area contributed by atoms with Crippen LogP contribution in [0.3, 0.4) is 0 Å². The van der Waals surface area contributed by atoms with Gasteiger partial charge in [-0.05, 0) is 31.5 Å². The predicted octanol–water partition coefficient (Wildman–Crippen LogP) is 3.04. The molecule has 2 aromatic heterocycles. The molecule has 4 nitrogen and oxygen atoms in total. The zero-order chi connectivity index (χ0) is 14.8. The van der Waals surface area contributed by atoms with Crippen molar-refractivity contribution in [3.05, 3.63) is 59.5 Å². The van der Waals surface area contributed by atoms with Crippen molar-refractivity contribution in [1.82, 2.24) is 14.8 Å². The minimum absolute atomic E-state index is 0.500. The first kappa shape index (κ1) is 13.8. The molecule has 0 aliphatic heterocycles. The molecule has 21 heavy (non-hydrogen) atoms. The number of nitrogens with zero attached hydrogens (tertiary/aromatic N) is 3. The van der Waals surface area contributed by atoms with Gasteiger partial charge in [-0.2, -0.15) is 5.10 Å². The van der Waals surface area contributed by atoms with Crippen molar-refractivity contribution in [2.24, 2.45) is 0 Å². The zero-order valence-electron chi connectivity index (χ0n) is 12.3. The smallest absolute Gasteiger partial charge is 0.0863 e. The van der Waals surface area contributed by atoms with Crippen molar-refractivity contribution >= 4 is 10.9 Å². The van der Waals surface area contributed by atoms with Crippen LogP contribution in [0, 0.1) is 6.92 Å². The van der Waals surface area contributed by atoms with Crippen LogP contribution in [-0.2, 0) is 13.0 Å². The lowest BCUT2D eigenvalue weighted by molar-refractivity contribution is 0.176. The van der Waals surface area contributed by atoms with E-state index in [1.54, 1.807) is 12.4 Å². The monoisotopic (exact) mass is 281 g/mol. The number of para-hydroxylation sites is 1. The fraction of sp³-hybridized carbons (Fsp3) is 0.294. The molecule has 0 amide bonds. The molecule has 1 atom stereocenters. The lowest BCUT2D eigenvalue weighted by Crippen LogP contribution is -2.06. The Morgan fingerprint density at radius 3 is 2.81 bits per heavy atom. The lowest BCUT2D eigenvalue weighted by Gasteiger charge is -2.11. The molecule has 1 unspecified atom stereocenters. The second kappa shape index (κ2) is 5.66. The molecule has 1 aromatic carbocycles. The maximum atomic E-state index is 10.5. The molecule has 2 heterocycles. The summed E-state index contributed by atoms with van der Waals surface area (Å²) in [5.41, 5.74) is 3.97. The summed E-state index contributed by atoms with van der Waals surface area (Å²) in [6.45, 7) is 4.89. The summed E-state index contributed by atoms with van der Waals surface area (Å²) in [4.78, 5) is 4.11. The molecular weight excluding hydrogens is 262 g/mol. The molecule has 0 aliphatic rings. The zero-order valence-corrected chi connectivity index (χ0v) is 12.3. The third-order valence-corrected chi connectivity index (χ3v) is 3.86. The van der Waals surface area contributed by atoms with E-state index in [-0.39, 0.29) is 0 Å². The number of aromatic nitrogens is 3. The number of hydrogen-bond donors (Lipinski definition) is 1. The summed E-state index contributed by atoms with van der Waals surface area (Å²) in [7, 11) is 0. The first-order chi connectivity index (χ1) is 10.2. The van der Waals surface area contributed by atoms with Crippen molar-refractivity contribution in [2.75, 3.05) is 0 Å². The first-order valence-electron chi connectivity index (χ1n) is 7.23. The van der Waals surface area contributed by atoms with Crippen molar-refractivity contribution in [2.45, 2.75) is 32.9 Å². The van der Waals surface area contributed by atoms with Gasteiger partial charge in [0.25, 0.3) is 0 Å². The second-order valence-corrected chi connectivity index (χ2v) is 5.23. The first-order valence-corrected chi connectivity index (χ1v) is 7.23. The summed E-state index contributed by atoms with van der Waals surface area (Å²) in [5, 5.41) is 16.3. The van der Waals surface area contributed by atoms with Crippen LogP contribution >= 0.6 is 0 Å². The molecule has 0 saturated heterocycles. The predicted molar refractivity (Wildman–Crippen MR) is 83.0 cm³/mol. The van der Waals surface area contributed by atoms with Crippen molar-refractivity contribution in [1.29, 1.82) is 0 Å². The number of pyridine rings is 1. The van der Waals surface area contributed by atoms with Gasteiger partial charge >= 0.3 is 0 Å². The van der Waals surface area contributed by atoms with Crippen LogP contribution in [-0.4, -0.2) is 19.9 Å². The Morgan fingerprint density at radius 1 is 1.24 bits per heavy atom. The molecule has 4 heteroatoms. The van der Waals surface area contributed by atoms with E-state index in [4.69, 9.17) is 0 Å². The van der Waals surface area contributed by atoms with Crippen LogP contribution in [0.1, 0.15) is 29.8 Å². The van der Waals surface area contributed by atoms with E-state index in [9.17, 15) is 5.11 Å². The fourth-order valence-electron chi connectivity index (χ4n) is 2.71. The SMILES string of the molecule is CCn1nc(CC(O)c2cnccc2C)c2ccccc21. The van der Waals surface area contributed by atoms with Gasteiger partial charge in [0.15, 0.2) is 0 Å². The minimum Gasteiger partial charge on any atom is -0.388 e. The van der Waals surface area contributed by atoms with E-state index >= 15 is 0 Å². The van der Waals surface area contributed by atoms with Gasteiger partial charge in [0.1, 0.15) is 0 Å². The number of aryl methyl sites for hydroxylation is 2. The quantitative estimate of drug-likeness (QED) is 0.799. The number of aliphatic hydroxyl groups is 1. The molecule has 0 saturated carbocycles. The van der Waals surface area contributed by atoms with Crippen LogP contribution in [0.4, 0.5) is 0 Å². The van der Waals surface area contributed by atoms with Gasteiger partial charge in [0, 0.05) is 36.3 Å². The third kappa shape index (κ3) is 2.54. The molecule has 0 aliphatic carbocycles. The van der Waals surface area contributed by atoms with Gasteiger partial charge in [-0.15, -0.1) is 0 Å². The molecule has 3 aromatic rings. The second-order valence-electron chi connectivity index (χ2n) is 5.23. The normalized spacial score (nSPS) is 12.7. The van der Waals surface area contributed by atoms with E-state index in [2.05, 4.69) is 29.1 Å². The average Bonchev–Trinajstić information content (AvgIpc) is 2.86. The molecule has 0 fully saturated rings. The van der Waals surface area contributed by atoms with Crippen LogP contribution in [0.15, 0.2) is 42.7 Å². The Bertz CT molecular complexity index is 764. The molecule has 0 spiro atoms. The third-order valence-electron chi connectivity index (χ3n) is 3.86. The highest BCUT2D eigenvalue weighted by Gasteiger charge is 2.16. The van der Waals surface area contributed by atoms with Crippen LogP contribution in [0.2, 0.25) is 0 Å². The Labute approximate surface area is 124 Å². The molecule has 108 valence electrons. The number of hydrogen-bond acceptors (Lipinski definition) is 3. The van der Waals surface area contributed by atoms with Crippen LogP contribution in [0.25, 0.3) is 10.9 Å². The summed E-state index contributed by atoms with van der Waals surface area (Å²) in [6.07, 6.45) is 3.40. The standard InChI is InChI=1S/C17H19N3O/c1-3-20-16-7-5-4-6-13(16)15(19-20)10-17(21)14-11-18-9-8-12(14)2/h4-9,11,17,21H,3,10H2,1-2H3. The molecule has 1 N–H and O–H groups in total. The maximum absolute atomic E-state index is 10.5. The summed E-state index contributed by atoms with van der Waals surface area (Å²) < 4.78 is 1.98. The highest BCUT2D eigenvalue weighted by Crippen LogP contribution is 2.25. The summed E-state index contributed by atoms with van der Waals surface area (Å²) in [5.74, 6) is 0. The van der Waals surface area contributed by atoms with Crippen LogP contribution in [0.5, 0.6) is 0 Å². The van der Waals surface area contributed by atoms with Crippen LogP contribution < -0.4 is 0 Å². The largest absolute Gasteiger partial charge is 0.388 e. The van der Waals surface area contributed by atoms with E-state index in [1.165, 1.54) is 0 Å². The molecule has 3 rings (SSSR count).